The fraction of sp³-hybridized carbons (Fsp3) is 0.500. The molecule has 0 bridgehead atoms. The molecule has 0 fully saturated rings. The number of rotatable bonds is 10. The van der Waals surface area contributed by atoms with Crippen LogP contribution in [0.4, 0.5) is 0 Å². The second kappa shape index (κ2) is 93.7. The van der Waals surface area contributed by atoms with Crippen LogP contribution in [0, 0.1) is 0 Å². The fourth-order valence-electron chi connectivity index (χ4n) is 1.43. The summed E-state index contributed by atoms with van der Waals surface area (Å²) in [6, 6.07) is 0. The van der Waals surface area contributed by atoms with E-state index in [1.54, 1.807) is 0 Å². The molecule has 0 aromatic rings. The van der Waals surface area contributed by atoms with Gasteiger partial charge in [0, 0.05) is 0 Å². The number of hydrogen-bond donors (Lipinski definition) is 8. The van der Waals surface area contributed by atoms with Gasteiger partial charge < -0.3 is 70.8 Å². The first kappa shape index (κ1) is 151. The van der Waals surface area contributed by atoms with Crippen molar-refractivity contribution < 1.29 is 720 Å². The summed E-state index contributed by atoms with van der Waals surface area (Å²) in [6.45, 7) is 0. The van der Waals surface area contributed by atoms with Crippen LogP contribution in [0.25, 0.3) is 0 Å². The van der Waals surface area contributed by atoms with Gasteiger partial charge in [0.15, 0.2) is 11.2 Å². The number of aliphatic carboxylic acids is 6. The van der Waals surface area contributed by atoms with E-state index >= 15 is 0 Å². The summed E-state index contributed by atoms with van der Waals surface area (Å²) in [4.78, 5) is 61.0. The third-order valence-corrected chi connectivity index (χ3v) is 2.57. The molecule has 0 aromatic heterocycles. The molecule has 0 spiro atoms. The van der Waals surface area contributed by atoms with Gasteiger partial charge in [-0.15, -0.1) is 0 Å². The topological polar surface area (TPSA) is 264 Å². The minimum absolute atomic E-state index is 0. The predicted molar refractivity (Wildman–Crippen MR) is 97.5 cm³/mol. The van der Waals surface area contributed by atoms with Crippen molar-refractivity contribution in [3.8, 4) is 0 Å². The first-order valence-corrected chi connectivity index (χ1v) is 6.34. The fourth-order valence-corrected chi connectivity index (χ4v) is 1.43. The van der Waals surface area contributed by atoms with Gasteiger partial charge >= 0.3 is 657 Å². The van der Waals surface area contributed by atoms with Gasteiger partial charge in [0.2, 0.25) is 0 Å². The van der Waals surface area contributed by atoms with Gasteiger partial charge in [0.1, 0.15) is 0 Å². The van der Waals surface area contributed by atoms with Crippen molar-refractivity contribution >= 4 is 35.8 Å². The van der Waals surface area contributed by atoms with Crippen molar-refractivity contribution in [2.24, 2.45) is 0 Å². The van der Waals surface area contributed by atoms with Gasteiger partial charge in [-0.2, -0.15) is 0 Å². The summed E-state index contributed by atoms with van der Waals surface area (Å²) in [7, 11) is 0. The van der Waals surface area contributed by atoms with E-state index in [1.807, 2.05) is 0 Å². The molecule has 14 nitrogen and oxygen atoms in total. The molecule has 0 heterocycles. The number of aliphatic hydroxyl groups is 2. The monoisotopic (exact) mass is 888 g/mol. The molecule has 0 radical (unpaired) electrons. The molecule has 0 saturated carbocycles. The largest absolute Gasteiger partial charge is 1.00 e. The van der Waals surface area contributed by atoms with Gasteiger partial charge in [0.05, 0.1) is 25.7 Å². The van der Waals surface area contributed by atoms with E-state index in [9.17, 15) is 28.8 Å². The van der Waals surface area contributed by atoms with Gasteiger partial charge in [-0.05, 0) is 0 Å². The van der Waals surface area contributed by atoms with Crippen LogP contribution in [0.5, 0.6) is 0 Å². The number of carboxylic acid groups (broad SMARTS) is 6. The minimum atomic E-state index is -2.74. The molecule has 190 valence electrons. The van der Waals surface area contributed by atoms with Crippen LogP contribution < -0.4 is 621 Å². The van der Waals surface area contributed by atoms with E-state index in [0.29, 0.717) is 0 Å². The molecule has 0 aromatic carbocycles. The van der Waals surface area contributed by atoms with E-state index in [0.717, 1.165) is 0 Å². The van der Waals surface area contributed by atoms with Crippen LogP contribution in [0.2, 0.25) is 0 Å². The number of carboxylic acids is 6. The Morgan fingerprint density at radius 3 is 0.426 bits per heavy atom. The zero-order valence-electron chi connectivity index (χ0n) is 54.9. The first-order valence-electron chi connectivity index (χ1n) is 6.34. The third kappa shape index (κ3) is 98.2. The number of hydrogen-bond acceptors (Lipinski definition) is 8. The Bertz CT molecular complexity index is 614. The normalized spacial score (nSPS) is 6.00. The Balaban J connectivity index is -0.00000000249. The molecule has 0 atom stereocenters. The summed E-state index contributed by atoms with van der Waals surface area (Å²) >= 11 is 0. The van der Waals surface area contributed by atoms with Crippen molar-refractivity contribution in [3.63, 3.8) is 0 Å². The quantitative estimate of drug-likeness (QED) is 0.0949. The Kier molecular flexibility index (Phi) is 301. The molecule has 8 N–H and O–H groups in total. The maximum Gasteiger partial charge on any atom is 1.00 e. The maximum absolute atomic E-state index is 10.3. The summed E-state index contributed by atoms with van der Waals surface area (Å²) in [5, 5.41) is 67.6. The molecule has 47 heavy (non-hydrogen) atoms. The third-order valence-electron chi connectivity index (χ3n) is 2.57. The second-order valence-corrected chi connectivity index (χ2v) is 4.96. The maximum atomic E-state index is 10.3. The summed E-state index contributed by atoms with van der Waals surface area (Å²) in [5.74, 6) is -10.0. The molecule has 0 aliphatic carbocycles. The van der Waals surface area contributed by atoms with E-state index < -0.39 is 72.7 Å². The van der Waals surface area contributed by atoms with Gasteiger partial charge in [0.25, 0.3) is 0 Å². The Morgan fingerprint density at radius 1 is 0.298 bits per heavy atom. The molecule has 0 saturated heterocycles. The Morgan fingerprint density at radius 2 is 0.383 bits per heavy atom. The van der Waals surface area contributed by atoms with Crippen molar-refractivity contribution in [2.45, 2.75) is 36.9 Å². The summed E-state index contributed by atoms with van der Waals surface area (Å²) < 4.78 is 0. The summed E-state index contributed by atoms with van der Waals surface area (Å²) in [5.41, 5.74) is -5.48. The van der Waals surface area contributed by atoms with Crippen LogP contribution in [-0.4, -0.2) is 87.9 Å². The molecule has 0 amide bonds. The average Bonchev–Trinajstić information content (AvgIpc) is 2.34. The van der Waals surface area contributed by atoms with Crippen molar-refractivity contribution in [2.75, 3.05) is 0 Å². The number of carbonyl (C=O) groups is 6. The molecule has 0 unspecified atom stereocenters. The Labute approximate surface area is 771 Å². The molecule has 0 aliphatic rings. The first-order chi connectivity index (χ1) is 11.6. The van der Waals surface area contributed by atoms with E-state index in [2.05, 4.69) is 0 Å². The Hall–Kier alpha value is 17.7. The second-order valence-electron chi connectivity index (χ2n) is 4.96. The van der Waals surface area contributed by atoms with Crippen molar-refractivity contribution in [1.29, 1.82) is 0 Å². The van der Waals surface area contributed by atoms with Crippen LogP contribution in [0.3, 0.4) is 0 Å². The van der Waals surface area contributed by atoms with E-state index in [4.69, 9.17) is 40.9 Å². The van der Waals surface area contributed by atoms with Crippen LogP contribution in [-0.2, 0) is 28.8 Å². The van der Waals surface area contributed by atoms with Gasteiger partial charge in [-0.25, -0.2) is 9.59 Å². The van der Waals surface area contributed by atoms with Crippen LogP contribution >= 0.6 is 0 Å². The van der Waals surface area contributed by atoms with E-state index in [-0.39, 0.29) is 651 Å². The summed E-state index contributed by atoms with van der Waals surface area (Å²) in [6.07, 6.45) is -4.58. The van der Waals surface area contributed by atoms with Crippen LogP contribution in [0.15, 0.2) is 0 Å². The SMILES string of the molecule is O=C(O)CC(O)(CC(=O)O)C(=O)O.O=C(O)CC(O)(CC(=O)O)C(=O)O.[H-].[H-].[H-].[H-].[H-].[H-].[H-].[H-].[H-].[H-].[H-].[H-].[H-].[H-].[H-].[H-].[H-].[H-].[H-].[H-].[H-].[Na+].[Na+].[Na+].[Na+].[Na+].[Na+].[Na+].[Na+].[Na+].[Na+].[Na+].[Na+].[Na+].[Na+].[Na+].[Na+].[Na+].[Na+].[Na+].[Na+].[Na+]. The van der Waals surface area contributed by atoms with Crippen molar-refractivity contribution in [1.82, 2.24) is 0 Å². The molecule has 0 rings (SSSR count). The molecule has 35 heteroatoms. The average molecular weight is 888 g/mol. The molecular formula is C12H37Na21O14. The zero-order chi connectivity index (χ0) is 21.3. The van der Waals surface area contributed by atoms with Gasteiger partial charge in [-0.3, -0.25) is 19.2 Å². The standard InChI is InChI=1S/2C6H8O7.21Na.21H/c2*7-3(8)1-6(13,5(11)12)2-4(9)10;;;;;;;;;;;;;;;;;;;;;;;;;;;;;;;;;;;;;;;;;;/h2*13H,1-2H2,(H,7,8)(H,9,10)(H,11,12);;;;;;;;;;;;;;;;;;;;;;;;;;;;;;;;;;;;;;;;;;/q;;21*+1;21*-1. The van der Waals surface area contributed by atoms with Crippen molar-refractivity contribution in [3.05, 3.63) is 0 Å². The molecular weight excluding hydrogens is 851 g/mol. The van der Waals surface area contributed by atoms with E-state index in [1.165, 1.54) is 0 Å². The predicted octanol–water partition coefficient (Wildman–Crippen LogP) is -63.1. The molecule has 0 aliphatic heterocycles. The van der Waals surface area contributed by atoms with Crippen LogP contribution in [0.1, 0.15) is 55.6 Å². The smallest absolute Gasteiger partial charge is 1.00 e. The minimum Gasteiger partial charge on any atom is -1.00 e. The zero-order valence-corrected chi connectivity index (χ0v) is 75.9. The van der Waals surface area contributed by atoms with Gasteiger partial charge in [-0.1, -0.05) is 0 Å².